The first-order chi connectivity index (χ1) is 19.1. The Hall–Kier alpha value is -4.57. The van der Waals surface area contributed by atoms with Crippen LogP contribution in [0.25, 0.3) is 11.4 Å². The third kappa shape index (κ3) is 6.66. The molecule has 1 aliphatic heterocycles. The number of pyridine rings is 1. The second-order valence-corrected chi connectivity index (χ2v) is 9.39. The number of likely N-dealkylation sites (tertiary alicyclic amines) is 1. The predicted molar refractivity (Wildman–Crippen MR) is 145 cm³/mol. The van der Waals surface area contributed by atoms with Crippen LogP contribution in [0.2, 0.25) is 0 Å². The Bertz CT molecular complexity index is 1410. The number of amides is 2. The molecule has 0 spiro atoms. The molecular formula is C29H30N6O4. The summed E-state index contributed by atoms with van der Waals surface area (Å²) in [6.45, 7) is 2.20. The zero-order chi connectivity index (χ0) is 27.0. The van der Waals surface area contributed by atoms with Gasteiger partial charge < -0.3 is 19.9 Å². The van der Waals surface area contributed by atoms with Crippen LogP contribution in [0.1, 0.15) is 34.7 Å². The molecule has 0 radical (unpaired) electrons. The van der Waals surface area contributed by atoms with Crippen LogP contribution in [0.15, 0.2) is 77.6 Å². The second kappa shape index (κ2) is 12.3. The zero-order valence-electron chi connectivity index (χ0n) is 21.7. The van der Waals surface area contributed by atoms with Crippen molar-refractivity contribution >= 4 is 17.5 Å². The van der Waals surface area contributed by atoms with Gasteiger partial charge in [-0.3, -0.25) is 19.5 Å². The molecule has 39 heavy (non-hydrogen) atoms. The first-order valence-electron chi connectivity index (χ1n) is 12.9. The fourth-order valence-electron chi connectivity index (χ4n) is 4.59. The number of piperidine rings is 1. The van der Waals surface area contributed by atoms with Gasteiger partial charge in [0, 0.05) is 31.0 Å². The zero-order valence-corrected chi connectivity index (χ0v) is 21.7. The van der Waals surface area contributed by atoms with Gasteiger partial charge in [-0.25, -0.2) is 0 Å². The smallest absolute Gasteiger partial charge is 0.253 e. The Labute approximate surface area is 226 Å². The van der Waals surface area contributed by atoms with Gasteiger partial charge in [-0.15, -0.1) is 0 Å². The van der Waals surface area contributed by atoms with E-state index in [-0.39, 0.29) is 17.7 Å². The summed E-state index contributed by atoms with van der Waals surface area (Å²) in [5, 5.41) is 9.98. The van der Waals surface area contributed by atoms with Gasteiger partial charge in [-0.2, -0.15) is 4.98 Å². The maximum Gasteiger partial charge on any atom is 0.253 e. The number of methoxy groups -OCH3 is 1. The van der Waals surface area contributed by atoms with Gasteiger partial charge in [0.15, 0.2) is 0 Å². The van der Waals surface area contributed by atoms with Crippen molar-refractivity contribution < 1.29 is 18.8 Å². The van der Waals surface area contributed by atoms with Crippen molar-refractivity contribution in [3.05, 3.63) is 90.1 Å². The average molecular weight is 527 g/mol. The minimum Gasteiger partial charge on any atom is -0.497 e. The minimum absolute atomic E-state index is 0.114. The molecule has 3 heterocycles. The van der Waals surface area contributed by atoms with Gasteiger partial charge in [0.2, 0.25) is 17.6 Å². The number of para-hydroxylation sites is 1. The molecule has 2 amide bonds. The van der Waals surface area contributed by atoms with Crippen LogP contribution in [-0.2, 0) is 17.9 Å². The normalized spacial score (nSPS) is 15.5. The van der Waals surface area contributed by atoms with Crippen LogP contribution >= 0.6 is 0 Å². The number of carbonyl (C=O) groups is 2. The van der Waals surface area contributed by atoms with Crippen molar-refractivity contribution in [1.82, 2.24) is 25.3 Å². The van der Waals surface area contributed by atoms with Crippen LogP contribution in [0.3, 0.4) is 0 Å². The molecule has 1 saturated heterocycles. The Kier molecular flexibility index (Phi) is 8.23. The van der Waals surface area contributed by atoms with Crippen molar-refractivity contribution in [2.24, 2.45) is 5.92 Å². The summed E-state index contributed by atoms with van der Waals surface area (Å²) < 4.78 is 10.7. The fourth-order valence-corrected chi connectivity index (χ4v) is 4.59. The first-order valence-corrected chi connectivity index (χ1v) is 12.9. The summed E-state index contributed by atoms with van der Waals surface area (Å²) in [5.41, 5.74) is 2.64. The van der Waals surface area contributed by atoms with Crippen molar-refractivity contribution in [2.75, 3.05) is 25.5 Å². The monoisotopic (exact) mass is 526 g/mol. The number of benzene rings is 2. The number of carbonyl (C=O) groups excluding carboxylic acids is 2. The topological polar surface area (TPSA) is 122 Å². The number of anilines is 1. The SMILES string of the molecule is COc1ccc(-c2noc(CN3CCCC(C(=O)Nc4ccccc4C(=O)NCc4cccnc4)C3)n2)cc1. The van der Waals surface area contributed by atoms with Gasteiger partial charge >= 0.3 is 0 Å². The van der Waals surface area contributed by atoms with E-state index in [1.165, 1.54) is 0 Å². The molecule has 0 saturated carbocycles. The highest BCUT2D eigenvalue weighted by molar-refractivity contribution is 6.04. The summed E-state index contributed by atoms with van der Waals surface area (Å²) in [6, 6.07) is 18.2. The molecule has 2 N–H and O–H groups in total. The summed E-state index contributed by atoms with van der Waals surface area (Å²) in [6.07, 6.45) is 5.02. The number of aromatic nitrogens is 3. The van der Waals surface area contributed by atoms with E-state index in [2.05, 4.69) is 30.7 Å². The molecule has 2 aromatic carbocycles. The molecule has 4 aromatic rings. The third-order valence-electron chi connectivity index (χ3n) is 6.66. The van der Waals surface area contributed by atoms with Crippen LogP contribution < -0.4 is 15.4 Å². The third-order valence-corrected chi connectivity index (χ3v) is 6.66. The number of ether oxygens (including phenoxy) is 1. The highest BCUT2D eigenvalue weighted by Gasteiger charge is 2.28. The van der Waals surface area contributed by atoms with Gasteiger partial charge in [0.1, 0.15) is 5.75 Å². The molecule has 1 fully saturated rings. The molecular weight excluding hydrogens is 496 g/mol. The minimum atomic E-state index is -0.260. The van der Waals surface area contributed by atoms with E-state index in [0.29, 0.717) is 42.6 Å². The standard InChI is InChI=1S/C29H30N6O4/c1-38-23-12-10-21(11-13-23)27-33-26(39-34-27)19-35-15-5-7-22(18-35)28(36)32-25-9-3-2-8-24(25)29(37)31-17-20-6-4-14-30-16-20/h2-4,6,8-14,16,22H,5,7,15,17-19H2,1H3,(H,31,37)(H,32,36). The maximum atomic E-state index is 13.2. The van der Waals surface area contributed by atoms with Crippen molar-refractivity contribution in [3.63, 3.8) is 0 Å². The highest BCUT2D eigenvalue weighted by Crippen LogP contribution is 2.24. The van der Waals surface area contributed by atoms with E-state index in [0.717, 1.165) is 36.3 Å². The Morgan fingerprint density at radius 2 is 1.95 bits per heavy atom. The molecule has 10 heteroatoms. The van der Waals surface area contributed by atoms with E-state index >= 15 is 0 Å². The molecule has 0 bridgehead atoms. The van der Waals surface area contributed by atoms with E-state index in [4.69, 9.17) is 9.26 Å². The van der Waals surface area contributed by atoms with Crippen molar-refractivity contribution in [3.8, 4) is 17.1 Å². The molecule has 2 aromatic heterocycles. The lowest BCUT2D eigenvalue weighted by Gasteiger charge is -2.31. The molecule has 1 atom stereocenters. The quantitative estimate of drug-likeness (QED) is 0.337. The molecule has 200 valence electrons. The van der Waals surface area contributed by atoms with Crippen LogP contribution in [-0.4, -0.2) is 52.0 Å². The van der Waals surface area contributed by atoms with Gasteiger partial charge in [0.25, 0.3) is 5.91 Å². The number of hydrogen-bond acceptors (Lipinski definition) is 8. The van der Waals surface area contributed by atoms with Crippen molar-refractivity contribution in [1.29, 1.82) is 0 Å². The molecule has 5 rings (SSSR count). The molecule has 0 aliphatic carbocycles. The predicted octanol–water partition coefficient (Wildman–Crippen LogP) is 3.92. The average Bonchev–Trinajstić information content (AvgIpc) is 3.45. The molecule has 10 nitrogen and oxygen atoms in total. The second-order valence-electron chi connectivity index (χ2n) is 9.39. The van der Waals surface area contributed by atoms with Gasteiger partial charge in [-0.05, 0) is 67.4 Å². The van der Waals surface area contributed by atoms with E-state index in [1.807, 2.05) is 36.4 Å². The van der Waals surface area contributed by atoms with Crippen LogP contribution in [0, 0.1) is 5.92 Å². The Morgan fingerprint density at radius 1 is 1.10 bits per heavy atom. The number of nitrogens with one attached hydrogen (secondary N) is 2. The van der Waals surface area contributed by atoms with E-state index in [1.54, 1.807) is 43.8 Å². The number of rotatable bonds is 9. The highest BCUT2D eigenvalue weighted by atomic mass is 16.5. The van der Waals surface area contributed by atoms with Crippen LogP contribution in [0.5, 0.6) is 5.75 Å². The fraction of sp³-hybridized carbons (Fsp3) is 0.276. The summed E-state index contributed by atoms with van der Waals surface area (Å²) in [4.78, 5) is 36.8. The van der Waals surface area contributed by atoms with Crippen molar-refractivity contribution in [2.45, 2.75) is 25.9 Å². The lowest BCUT2D eigenvalue weighted by molar-refractivity contribution is -0.121. The lowest BCUT2D eigenvalue weighted by atomic mass is 9.96. The lowest BCUT2D eigenvalue weighted by Crippen LogP contribution is -2.40. The molecule has 1 unspecified atom stereocenters. The largest absolute Gasteiger partial charge is 0.497 e. The number of nitrogens with zero attached hydrogens (tertiary/aromatic N) is 4. The molecule has 1 aliphatic rings. The summed E-state index contributed by atoms with van der Waals surface area (Å²) in [7, 11) is 1.62. The summed E-state index contributed by atoms with van der Waals surface area (Å²) in [5.74, 6) is 1.16. The van der Waals surface area contributed by atoms with Gasteiger partial charge in [0.05, 0.1) is 30.8 Å². The number of hydrogen-bond donors (Lipinski definition) is 2. The van der Waals surface area contributed by atoms with Gasteiger partial charge in [-0.1, -0.05) is 23.4 Å². The Balaban J connectivity index is 1.18. The first kappa shape index (κ1) is 26.1. The van der Waals surface area contributed by atoms with E-state index in [9.17, 15) is 9.59 Å². The Morgan fingerprint density at radius 3 is 2.74 bits per heavy atom. The maximum absolute atomic E-state index is 13.2. The van der Waals surface area contributed by atoms with E-state index < -0.39 is 0 Å². The summed E-state index contributed by atoms with van der Waals surface area (Å²) >= 11 is 0. The van der Waals surface area contributed by atoms with Crippen LogP contribution in [0.4, 0.5) is 5.69 Å².